The molecule has 4 nitrogen and oxygen atoms in total. The van der Waals surface area contributed by atoms with E-state index in [1.807, 2.05) is 29.2 Å². The van der Waals surface area contributed by atoms with E-state index in [0.29, 0.717) is 5.92 Å². The molecule has 1 aliphatic carbocycles. The molecule has 0 bridgehead atoms. The van der Waals surface area contributed by atoms with Gasteiger partial charge in [0, 0.05) is 18.7 Å². The van der Waals surface area contributed by atoms with E-state index in [4.69, 9.17) is 5.11 Å². The standard InChI is InChI=1S/C16H19NO3/c18-15-14-6-2-1-5-12(14)10-17(15)7-3-4-11-8-13(9-11)16(19)20/h1-2,5-6,11,13H,3-4,7-10H2,(H,19,20). The summed E-state index contributed by atoms with van der Waals surface area (Å²) in [5.41, 5.74) is 1.95. The maximum atomic E-state index is 12.1. The van der Waals surface area contributed by atoms with Gasteiger partial charge in [-0.1, -0.05) is 18.2 Å². The summed E-state index contributed by atoms with van der Waals surface area (Å²) in [6.07, 6.45) is 3.62. The average Bonchev–Trinajstić information content (AvgIpc) is 2.69. The predicted octanol–water partition coefficient (Wildman–Crippen LogP) is 2.53. The Hall–Kier alpha value is -1.84. The van der Waals surface area contributed by atoms with Crippen LogP contribution in [0.2, 0.25) is 0 Å². The number of carbonyl (C=O) groups excluding carboxylic acids is 1. The van der Waals surface area contributed by atoms with Crippen LogP contribution in [0.3, 0.4) is 0 Å². The van der Waals surface area contributed by atoms with E-state index in [-0.39, 0.29) is 11.8 Å². The lowest BCUT2D eigenvalue weighted by Crippen LogP contribution is -2.31. The molecule has 106 valence electrons. The smallest absolute Gasteiger partial charge is 0.306 e. The Kier molecular flexibility index (Phi) is 3.47. The zero-order chi connectivity index (χ0) is 14.1. The first kappa shape index (κ1) is 13.2. The summed E-state index contributed by atoms with van der Waals surface area (Å²) in [4.78, 5) is 24.8. The first-order valence-electron chi connectivity index (χ1n) is 7.25. The van der Waals surface area contributed by atoms with Crippen molar-refractivity contribution in [3.8, 4) is 0 Å². The van der Waals surface area contributed by atoms with Crippen molar-refractivity contribution in [1.82, 2.24) is 4.90 Å². The number of hydrogen-bond donors (Lipinski definition) is 1. The highest BCUT2D eigenvalue weighted by Gasteiger charge is 2.34. The molecule has 3 rings (SSSR count). The molecule has 20 heavy (non-hydrogen) atoms. The summed E-state index contributed by atoms with van der Waals surface area (Å²) in [6.45, 7) is 1.50. The SMILES string of the molecule is O=C(O)C1CC(CCCN2Cc3ccccc3C2=O)C1. The molecule has 4 heteroatoms. The highest BCUT2D eigenvalue weighted by molar-refractivity contribution is 5.98. The van der Waals surface area contributed by atoms with E-state index >= 15 is 0 Å². The molecule has 1 heterocycles. The van der Waals surface area contributed by atoms with Crippen molar-refractivity contribution < 1.29 is 14.7 Å². The Balaban J connectivity index is 1.43. The number of nitrogens with zero attached hydrogens (tertiary/aromatic N) is 1. The van der Waals surface area contributed by atoms with Crippen LogP contribution in [0.25, 0.3) is 0 Å². The number of hydrogen-bond acceptors (Lipinski definition) is 2. The van der Waals surface area contributed by atoms with Crippen molar-refractivity contribution in [2.24, 2.45) is 11.8 Å². The van der Waals surface area contributed by atoms with E-state index in [0.717, 1.165) is 49.9 Å². The van der Waals surface area contributed by atoms with Gasteiger partial charge in [0.15, 0.2) is 0 Å². The van der Waals surface area contributed by atoms with Crippen LogP contribution >= 0.6 is 0 Å². The molecule has 0 unspecified atom stereocenters. The maximum Gasteiger partial charge on any atom is 0.306 e. The van der Waals surface area contributed by atoms with Crippen molar-refractivity contribution in [1.29, 1.82) is 0 Å². The molecule has 1 saturated carbocycles. The minimum Gasteiger partial charge on any atom is -0.481 e. The van der Waals surface area contributed by atoms with E-state index in [1.54, 1.807) is 0 Å². The molecule has 1 fully saturated rings. The van der Waals surface area contributed by atoms with Crippen LogP contribution in [0.15, 0.2) is 24.3 Å². The van der Waals surface area contributed by atoms with Crippen LogP contribution in [0, 0.1) is 11.8 Å². The number of carboxylic acids is 1. The Morgan fingerprint density at radius 3 is 2.75 bits per heavy atom. The lowest BCUT2D eigenvalue weighted by Gasteiger charge is -2.32. The number of rotatable bonds is 5. The molecule has 0 spiro atoms. The van der Waals surface area contributed by atoms with Gasteiger partial charge >= 0.3 is 5.97 Å². The molecule has 0 aromatic heterocycles. The van der Waals surface area contributed by atoms with Gasteiger partial charge < -0.3 is 10.0 Å². The molecular weight excluding hydrogens is 254 g/mol. The van der Waals surface area contributed by atoms with Crippen LogP contribution in [-0.4, -0.2) is 28.4 Å². The van der Waals surface area contributed by atoms with Crippen molar-refractivity contribution in [3.63, 3.8) is 0 Å². The first-order chi connectivity index (χ1) is 9.65. The number of carbonyl (C=O) groups is 2. The predicted molar refractivity (Wildman–Crippen MR) is 74.3 cm³/mol. The van der Waals surface area contributed by atoms with Gasteiger partial charge in [-0.15, -0.1) is 0 Å². The molecule has 0 radical (unpaired) electrons. The van der Waals surface area contributed by atoms with Crippen LogP contribution in [-0.2, 0) is 11.3 Å². The fourth-order valence-corrected chi connectivity index (χ4v) is 3.24. The van der Waals surface area contributed by atoms with E-state index in [2.05, 4.69) is 0 Å². The molecule has 2 aliphatic rings. The summed E-state index contributed by atoms with van der Waals surface area (Å²) < 4.78 is 0. The van der Waals surface area contributed by atoms with Gasteiger partial charge in [-0.25, -0.2) is 0 Å². The fraction of sp³-hybridized carbons (Fsp3) is 0.500. The quantitative estimate of drug-likeness (QED) is 0.897. The summed E-state index contributed by atoms with van der Waals surface area (Å²) in [5.74, 6) is -0.113. The van der Waals surface area contributed by atoms with Crippen molar-refractivity contribution in [2.75, 3.05) is 6.54 Å². The molecule has 1 aromatic rings. The van der Waals surface area contributed by atoms with Crippen molar-refractivity contribution >= 4 is 11.9 Å². The number of benzene rings is 1. The molecule has 1 N–H and O–H groups in total. The van der Waals surface area contributed by atoms with Gasteiger partial charge in [0.05, 0.1) is 5.92 Å². The second-order valence-electron chi connectivity index (χ2n) is 5.90. The van der Waals surface area contributed by atoms with Crippen LogP contribution in [0.1, 0.15) is 41.6 Å². The zero-order valence-electron chi connectivity index (χ0n) is 11.4. The van der Waals surface area contributed by atoms with Crippen molar-refractivity contribution in [3.05, 3.63) is 35.4 Å². The summed E-state index contributed by atoms with van der Waals surface area (Å²) in [5, 5.41) is 8.83. The number of amides is 1. The first-order valence-corrected chi connectivity index (χ1v) is 7.25. The number of carboxylic acid groups (broad SMARTS) is 1. The van der Waals surface area contributed by atoms with Gasteiger partial charge in [0.25, 0.3) is 5.91 Å². The second kappa shape index (κ2) is 5.27. The fourth-order valence-electron chi connectivity index (χ4n) is 3.24. The monoisotopic (exact) mass is 273 g/mol. The summed E-state index contributed by atoms with van der Waals surface area (Å²) in [7, 11) is 0. The van der Waals surface area contributed by atoms with E-state index < -0.39 is 5.97 Å². The van der Waals surface area contributed by atoms with E-state index in [1.165, 1.54) is 0 Å². The minimum atomic E-state index is -0.661. The van der Waals surface area contributed by atoms with Gasteiger partial charge in [0.2, 0.25) is 0 Å². The molecular formula is C16H19NO3. The summed E-state index contributed by atoms with van der Waals surface area (Å²) in [6, 6.07) is 7.77. The Morgan fingerprint density at radius 2 is 2.05 bits per heavy atom. The Bertz CT molecular complexity index is 534. The topological polar surface area (TPSA) is 57.6 Å². The highest BCUT2D eigenvalue weighted by Crippen LogP contribution is 2.37. The number of fused-ring (bicyclic) bond motifs is 1. The molecule has 0 saturated heterocycles. The lowest BCUT2D eigenvalue weighted by atomic mass is 9.73. The Labute approximate surface area is 118 Å². The summed E-state index contributed by atoms with van der Waals surface area (Å²) >= 11 is 0. The zero-order valence-corrected chi connectivity index (χ0v) is 11.4. The third-order valence-corrected chi connectivity index (χ3v) is 4.52. The van der Waals surface area contributed by atoms with Gasteiger partial charge in [-0.2, -0.15) is 0 Å². The third-order valence-electron chi connectivity index (χ3n) is 4.52. The van der Waals surface area contributed by atoms with E-state index in [9.17, 15) is 9.59 Å². The van der Waals surface area contributed by atoms with Crippen LogP contribution < -0.4 is 0 Å². The molecule has 1 amide bonds. The minimum absolute atomic E-state index is 0.127. The normalized spacial score (nSPS) is 24.4. The maximum absolute atomic E-state index is 12.1. The second-order valence-corrected chi connectivity index (χ2v) is 5.90. The van der Waals surface area contributed by atoms with Gasteiger partial charge in [-0.3, -0.25) is 9.59 Å². The molecule has 1 aromatic carbocycles. The highest BCUT2D eigenvalue weighted by atomic mass is 16.4. The van der Waals surface area contributed by atoms with Gasteiger partial charge in [-0.05, 0) is 43.2 Å². The van der Waals surface area contributed by atoms with Crippen molar-refractivity contribution in [2.45, 2.75) is 32.2 Å². The van der Waals surface area contributed by atoms with Crippen LogP contribution in [0.4, 0.5) is 0 Å². The van der Waals surface area contributed by atoms with Gasteiger partial charge in [0.1, 0.15) is 0 Å². The largest absolute Gasteiger partial charge is 0.481 e. The Morgan fingerprint density at radius 1 is 1.30 bits per heavy atom. The van der Waals surface area contributed by atoms with Crippen LogP contribution in [0.5, 0.6) is 0 Å². The third kappa shape index (κ3) is 2.42. The molecule has 1 aliphatic heterocycles. The lowest BCUT2D eigenvalue weighted by molar-refractivity contribution is -0.146. The number of aliphatic carboxylic acids is 1. The average molecular weight is 273 g/mol. The molecule has 0 atom stereocenters.